The lowest BCUT2D eigenvalue weighted by Gasteiger charge is -2.39. The third-order valence-corrected chi connectivity index (χ3v) is 7.40. The van der Waals surface area contributed by atoms with Crippen LogP contribution in [0.1, 0.15) is 70.4 Å². The Balaban J connectivity index is 1.85. The van der Waals surface area contributed by atoms with Crippen molar-refractivity contribution < 1.29 is 4.79 Å². The smallest absolute Gasteiger partial charge is 0.233 e. The summed E-state index contributed by atoms with van der Waals surface area (Å²) in [6.07, 6.45) is 9.44. The lowest BCUT2D eigenvalue weighted by Crippen LogP contribution is -2.47. The summed E-state index contributed by atoms with van der Waals surface area (Å²) in [6, 6.07) is 7.32. The number of nitrogens with zero attached hydrogens (tertiary/aromatic N) is 4. The molecule has 1 saturated carbocycles. The Morgan fingerprint density at radius 3 is 2.44 bits per heavy atom. The number of hydrogen-bond acceptors (Lipinski definition) is 3. The van der Waals surface area contributed by atoms with Gasteiger partial charge in [-0.25, -0.2) is 9.67 Å². The number of fused-ring (bicyclic) bond motifs is 1. The molecule has 172 valence electrons. The molecule has 5 nitrogen and oxygen atoms in total. The van der Waals surface area contributed by atoms with Gasteiger partial charge in [0.25, 0.3) is 0 Å². The van der Waals surface area contributed by atoms with Gasteiger partial charge >= 0.3 is 0 Å². The van der Waals surface area contributed by atoms with Crippen molar-refractivity contribution in [3.63, 3.8) is 0 Å². The van der Waals surface area contributed by atoms with E-state index in [0.29, 0.717) is 16.0 Å². The van der Waals surface area contributed by atoms with E-state index in [-0.39, 0.29) is 17.9 Å². The van der Waals surface area contributed by atoms with E-state index in [9.17, 15) is 4.79 Å². The van der Waals surface area contributed by atoms with Gasteiger partial charge in [-0.05, 0) is 49.3 Å². The van der Waals surface area contributed by atoms with Crippen LogP contribution in [0.4, 0.5) is 5.82 Å². The van der Waals surface area contributed by atoms with Crippen LogP contribution in [0.5, 0.6) is 0 Å². The maximum Gasteiger partial charge on any atom is 0.233 e. The van der Waals surface area contributed by atoms with Crippen molar-refractivity contribution in [2.24, 2.45) is 16.8 Å². The van der Waals surface area contributed by atoms with E-state index < -0.39 is 0 Å². The van der Waals surface area contributed by atoms with Gasteiger partial charge in [0, 0.05) is 24.9 Å². The summed E-state index contributed by atoms with van der Waals surface area (Å²) < 4.78 is 1.89. The Hall–Kier alpha value is -1.85. The maximum atomic E-state index is 14.1. The van der Waals surface area contributed by atoms with Crippen molar-refractivity contribution in [2.45, 2.75) is 64.8 Å². The summed E-state index contributed by atoms with van der Waals surface area (Å²) in [5.74, 6) is 0.899. The van der Waals surface area contributed by atoms with Crippen molar-refractivity contribution in [1.82, 2.24) is 14.7 Å². The van der Waals surface area contributed by atoms with Gasteiger partial charge < -0.3 is 4.90 Å². The van der Waals surface area contributed by atoms with Crippen molar-refractivity contribution in [2.75, 3.05) is 13.1 Å². The second kappa shape index (κ2) is 10.4. The van der Waals surface area contributed by atoms with Crippen molar-refractivity contribution in [1.29, 1.82) is 0 Å². The summed E-state index contributed by atoms with van der Waals surface area (Å²) >= 11 is 12.6. The van der Waals surface area contributed by atoms with Crippen LogP contribution in [0.15, 0.2) is 35.5 Å². The van der Waals surface area contributed by atoms with E-state index in [0.717, 1.165) is 55.9 Å². The molecule has 0 bridgehead atoms. The minimum absolute atomic E-state index is 0.148. The Bertz CT molecular complexity index is 974. The normalized spacial score (nSPS) is 21.2. The molecule has 0 spiro atoms. The number of amides is 1. The van der Waals surface area contributed by atoms with Crippen LogP contribution in [0, 0.1) is 11.8 Å². The molecule has 1 aromatic heterocycles. The Labute approximate surface area is 200 Å². The van der Waals surface area contributed by atoms with E-state index in [1.807, 2.05) is 33.8 Å². The van der Waals surface area contributed by atoms with Gasteiger partial charge in [0.15, 0.2) is 5.82 Å². The zero-order valence-corrected chi connectivity index (χ0v) is 20.4. The van der Waals surface area contributed by atoms with Crippen molar-refractivity contribution >= 4 is 40.6 Å². The molecule has 2 unspecified atom stereocenters. The third-order valence-electron chi connectivity index (χ3n) is 6.66. The molecule has 1 amide bonds. The van der Waals surface area contributed by atoms with Gasteiger partial charge in [0.2, 0.25) is 5.91 Å². The Morgan fingerprint density at radius 2 is 1.78 bits per heavy atom. The Morgan fingerprint density at radius 1 is 1.06 bits per heavy atom. The van der Waals surface area contributed by atoms with Gasteiger partial charge in [0.1, 0.15) is 5.92 Å². The SMILES string of the molecule is CCCN(CCC)C(=O)C1C(C2CCCCC2)=Nc2ccnn2C1c1ccc(Cl)c(Cl)c1. The fraction of sp³-hybridized carbons (Fsp3) is 0.560. The summed E-state index contributed by atoms with van der Waals surface area (Å²) in [7, 11) is 0. The van der Waals surface area contributed by atoms with Gasteiger partial charge in [-0.15, -0.1) is 0 Å². The standard InChI is InChI=1S/C25H32Cl2N4O/c1-3-14-30(15-4-2)25(32)22-23(17-8-6-5-7-9-17)29-21-12-13-28-31(21)24(22)18-10-11-19(26)20(27)16-18/h10-13,16-17,22,24H,3-9,14-15H2,1-2H3. The average molecular weight is 475 g/mol. The summed E-state index contributed by atoms with van der Waals surface area (Å²) in [6.45, 7) is 5.74. The van der Waals surface area contributed by atoms with Crippen LogP contribution in [0.2, 0.25) is 10.0 Å². The van der Waals surface area contributed by atoms with E-state index >= 15 is 0 Å². The van der Waals surface area contributed by atoms with Gasteiger partial charge in [-0.3, -0.25) is 4.79 Å². The van der Waals surface area contributed by atoms with Gasteiger partial charge in [-0.1, -0.05) is 62.4 Å². The molecule has 2 aromatic rings. The van der Waals surface area contributed by atoms with Crippen LogP contribution >= 0.6 is 23.2 Å². The number of halogens is 2. The minimum Gasteiger partial charge on any atom is -0.342 e. The minimum atomic E-state index is -0.388. The molecule has 0 N–H and O–H groups in total. The van der Waals surface area contributed by atoms with Crippen LogP contribution < -0.4 is 0 Å². The lowest BCUT2D eigenvalue weighted by molar-refractivity contribution is -0.134. The first kappa shape index (κ1) is 23.3. The first-order valence-corrected chi connectivity index (χ1v) is 12.7. The lowest BCUT2D eigenvalue weighted by atomic mass is 9.76. The van der Waals surface area contributed by atoms with Crippen LogP contribution in [0.3, 0.4) is 0 Å². The summed E-state index contributed by atoms with van der Waals surface area (Å²) in [4.78, 5) is 21.2. The first-order valence-electron chi connectivity index (χ1n) is 11.9. The second-order valence-electron chi connectivity index (χ2n) is 8.93. The highest BCUT2D eigenvalue weighted by Gasteiger charge is 2.44. The molecule has 1 aromatic carbocycles. The number of carbonyl (C=O) groups excluding carboxylic acids is 1. The quantitative estimate of drug-likeness (QED) is 0.447. The fourth-order valence-electron chi connectivity index (χ4n) is 5.22. The average Bonchev–Trinajstić information content (AvgIpc) is 3.28. The van der Waals surface area contributed by atoms with Crippen LogP contribution in [-0.2, 0) is 4.79 Å². The largest absolute Gasteiger partial charge is 0.342 e. The molecule has 1 aliphatic carbocycles. The van der Waals surface area contributed by atoms with Crippen molar-refractivity contribution in [3.8, 4) is 0 Å². The molecule has 32 heavy (non-hydrogen) atoms. The molecular weight excluding hydrogens is 443 g/mol. The molecule has 7 heteroatoms. The Kier molecular flexibility index (Phi) is 7.57. The monoisotopic (exact) mass is 474 g/mol. The zero-order valence-electron chi connectivity index (χ0n) is 18.9. The third kappa shape index (κ3) is 4.60. The summed E-state index contributed by atoms with van der Waals surface area (Å²) in [5, 5.41) is 5.59. The van der Waals surface area contributed by atoms with E-state index in [2.05, 4.69) is 18.9 Å². The molecule has 2 heterocycles. The fourth-order valence-corrected chi connectivity index (χ4v) is 5.53. The maximum absolute atomic E-state index is 14.1. The number of hydrogen-bond donors (Lipinski definition) is 0. The molecule has 1 fully saturated rings. The van der Waals surface area contributed by atoms with Crippen LogP contribution in [0.25, 0.3) is 0 Å². The number of aromatic nitrogens is 2. The highest BCUT2D eigenvalue weighted by Crippen LogP contribution is 2.42. The number of benzene rings is 1. The predicted molar refractivity (Wildman–Crippen MR) is 131 cm³/mol. The van der Waals surface area contributed by atoms with Gasteiger partial charge in [0.05, 0.1) is 22.3 Å². The molecule has 4 rings (SSSR count). The highest BCUT2D eigenvalue weighted by atomic mass is 35.5. The van der Waals surface area contributed by atoms with E-state index in [1.54, 1.807) is 6.20 Å². The van der Waals surface area contributed by atoms with Gasteiger partial charge in [-0.2, -0.15) is 5.10 Å². The summed E-state index contributed by atoms with van der Waals surface area (Å²) in [5.41, 5.74) is 1.97. The number of aliphatic imine (C=N–C) groups is 1. The van der Waals surface area contributed by atoms with Crippen LogP contribution in [-0.4, -0.2) is 39.4 Å². The molecule has 2 atom stereocenters. The topological polar surface area (TPSA) is 50.5 Å². The highest BCUT2D eigenvalue weighted by molar-refractivity contribution is 6.42. The number of rotatable bonds is 7. The molecular formula is C25H32Cl2N4O. The second-order valence-corrected chi connectivity index (χ2v) is 9.74. The zero-order chi connectivity index (χ0) is 22.7. The number of carbonyl (C=O) groups is 1. The first-order chi connectivity index (χ1) is 15.5. The predicted octanol–water partition coefficient (Wildman–Crippen LogP) is 6.71. The van der Waals surface area contributed by atoms with Crippen molar-refractivity contribution in [3.05, 3.63) is 46.1 Å². The molecule has 0 radical (unpaired) electrons. The molecule has 0 saturated heterocycles. The van der Waals surface area contributed by atoms with E-state index in [1.165, 1.54) is 19.3 Å². The molecule has 1 aliphatic heterocycles. The van der Waals surface area contributed by atoms with E-state index in [4.69, 9.17) is 28.2 Å². The molecule has 2 aliphatic rings.